The number of carbonyl (C=O) groups excluding carboxylic acids is 2. The van der Waals surface area contributed by atoms with Crippen LogP contribution in [0.1, 0.15) is 16.8 Å². The van der Waals surface area contributed by atoms with Gasteiger partial charge in [-0.25, -0.2) is 9.78 Å². The SMILES string of the molecule is COC(=O)c1cc(OC)c2c(c1)nc(-c1cc3cccc4c3n1CCC(=O)N4)n2C. The largest absolute Gasteiger partial charge is 0.494 e. The molecule has 2 aromatic carbocycles. The molecule has 3 heterocycles. The van der Waals surface area contributed by atoms with Gasteiger partial charge in [-0.15, -0.1) is 0 Å². The Balaban J connectivity index is 1.78. The second-order valence-electron chi connectivity index (χ2n) is 7.26. The zero-order chi connectivity index (χ0) is 21.0. The first kappa shape index (κ1) is 18.2. The minimum atomic E-state index is -0.448. The summed E-state index contributed by atoms with van der Waals surface area (Å²) in [5, 5.41) is 4.01. The summed E-state index contributed by atoms with van der Waals surface area (Å²) < 4.78 is 14.5. The minimum Gasteiger partial charge on any atom is -0.494 e. The molecule has 0 bridgehead atoms. The fourth-order valence-corrected chi connectivity index (χ4v) is 4.20. The monoisotopic (exact) mass is 404 g/mol. The number of fused-ring (bicyclic) bond motifs is 1. The number of imidazole rings is 1. The fourth-order valence-electron chi connectivity index (χ4n) is 4.20. The zero-order valence-electron chi connectivity index (χ0n) is 16.9. The maximum Gasteiger partial charge on any atom is 0.338 e. The van der Waals surface area contributed by atoms with Crippen molar-refractivity contribution in [3.05, 3.63) is 42.0 Å². The molecule has 0 saturated carbocycles. The number of hydrogen-bond donors (Lipinski definition) is 1. The van der Waals surface area contributed by atoms with Gasteiger partial charge in [0.25, 0.3) is 0 Å². The van der Waals surface area contributed by atoms with Crippen LogP contribution in [-0.2, 0) is 23.1 Å². The third-order valence-corrected chi connectivity index (χ3v) is 5.56. The Labute approximate surface area is 172 Å². The highest BCUT2D eigenvalue weighted by molar-refractivity contribution is 6.04. The smallest absolute Gasteiger partial charge is 0.338 e. The molecule has 0 fully saturated rings. The number of amides is 1. The van der Waals surface area contributed by atoms with Crippen LogP contribution in [0.25, 0.3) is 33.5 Å². The van der Waals surface area contributed by atoms with E-state index in [1.165, 1.54) is 7.11 Å². The summed E-state index contributed by atoms with van der Waals surface area (Å²) in [6, 6.07) is 11.3. The quantitative estimate of drug-likeness (QED) is 0.529. The number of nitrogens with one attached hydrogen (secondary N) is 1. The van der Waals surface area contributed by atoms with Crippen molar-refractivity contribution in [2.24, 2.45) is 7.05 Å². The minimum absolute atomic E-state index is 0.00783. The molecule has 0 unspecified atom stereocenters. The number of aromatic nitrogens is 3. The van der Waals surface area contributed by atoms with Crippen molar-refractivity contribution in [2.75, 3.05) is 19.5 Å². The molecule has 1 N–H and O–H groups in total. The highest BCUT2D eigenvalue weighted by Gasteiger charge is 2.24. The van der Waals surface area contributed by atoms with Gasteiger partial charge in [0.2, 0.25) is 5.91 Å². The van der Waals surface area contributed by atoms with Crippen LogP contribution in [-0.4, -0.2) is 40.2 Å². The number of aryl methyl sites for hydroxylation is 2. The van der Waals surface area contributed by atoms with Crippen LogP contribution in [0.2, 0.25) is 0 Å². The molecular formula is C22H20N4O4. The number of carbonyl (C=O) groups is 2. The molecule has 152 valence electrons. The fraction of sp³-hybridized carbons (Fsp3) is 0.227. The highest BCUT2D eigenvalue weighted by Crippen LogP contribution is 2.37. The summed E-state index contributed by atoms with van der Waals surface area (Å²) in [5.74, 6) is 0.809. The maximum absolute atomic E-state index is 12.2. The Morgan fingerprint density at radius 2 is 2.00 bits per heavy atom. The molecule has 4 aromatic rings. The van der Waals surface area contributed by atoms with Gasteiger partial charge in [0.05, 0.1) is 42.2 Å². The summed E-state index contributed by atoms with van der Waals surface area (Å²) in [6.45, 7) is 0.551. The second kappa shape index (κ2) is 6.62. The van der Waals surface area contributed by atoms with Gasteiger partial charge < -0.3 is 23.9 Å². The summed E-state index contributed by atoms with van der Waals surface area (Å²) >= 11 is 0. The van der Waals surface area contributed by atoms with Gasteiger partial charge in [-0.3, -0.25) is 4.79 Å². The standard InChI is InChI=1S/C22H20N4O4/c1-25-20-15(9-13(22(28)30-3)11-17(20)29-2)24-21(25)16-10-12-5-4-6-14-19(12)26(16)8-7-18(27)23-14/h4-6,9-11H,7-8H2,1-3H3,(H,23,27). The first-order valence-electron chi connectivity index (χ1n) is 9.57. The van der Waals surface area contributed by atoms with Gasteiger partial charge in [-0.1, -0.05) is 12.1 Å². The van der Waals surface area contributed by atoms with E-state index in [1.807, 2.05) is 29.8 Å². The van der Waals surface area contributed by atoms with E-state index in [2.05, 4.69) is 16.0 Å². The Kier molecular flexibility index (Phi) is 4.02. The molecule has 2 aromatic heterocycles. The van der Waals surface area contributed by atoms with E-state index in [0.717, 1.165) is 33.6 Å². The first-order valence-corrected chi connectivity index (χ1v) is 9.57. The van der Waals surface area contributed by atoms with E-state index in [0.29, 0.717) is 29.8 Å². The van der Waals surface area contributed by atoms with Crippen LogP contribution in [0.4, 0.5) is 5.69 Å². The number of benzene rings is 2. The zero-order valence-corrected chi connectivity index (χ0v) is 16.9. The van der Waals surface area contributed by atoms with Crippen molar-refractivity contribution in [3.8, 4) is 17.3 Å². The van der Waals surface area contributed by atoms with E-state index < -0.39 is 5.97 Å². The lowest BCUT2D eigenvalue weighted by molar-refractivity contribution is -0.116. The van der Waals surface area contributed by atoms with Gasteiger partial charge in [-0.2, -0.15) is 0 Å². The molecule has 1 aliphatic heterocycles. The van der Waals surface area contributed by atoms with Crippen molar-refractivity contribution in [3.63, 3.8) is 0 Å². The predicted molar refractivity (Wildman–Crippen MR) is 113 cm³/mol. The number of ether oxygens (including phenoxy) is 2. The molecule has 1 aliphatic rings. The lowest BCUT2D eigenvalue weighted by Crippen LogP contribution is -2.10. The number of rotatable bonds is 3. The number of esters is 1. The average Bonchev–Trinajstić information content (AvgIpc) is 3.22. The molecule has 0 spiro atoms. The summed E-state index contributed by atoms with van der Waals surface area (Å²) in [6.07, 6.45) is 0.380. The molecule has 8 nitrogen and oxygen atoms in total. The molecule has 5 rings (SSSR count). The van der Waals surface area contributed by atoms with Crippen LogP contribution < -0.4 is 10.1 Å². The van der Waals surface area contributed by atoms with Gasteiger partial charge in [0, 0.05) is 25.4 Å². The van der Waals surface area contributed by atoms with E-state index in [4.69, 9.17) is 14.5 Å². The molecule has 0 aliphatic carbocycles. The Morgan fingerprint density at radius 3 is 2.77 bits per heavy atom. The molecular weight excluding hydrogens is 384 g/mol. The first-order chi connectivity index (χ1) is 14.5. The maximum atomic E-state index is 12.2. The van der Waals surface area contributed by atoms with Crippen LogP contribution in [0.5, 0.6) is 5.75 Å². The third-order valence-electron chi connectivity index (χ3n) is 5.56. The number of anilines is 1. The van der Waals surface area contributed by atoms with Crippen molar-refractivity contribution < 1.29 is 19.1 Å². The van der Waals surface area contributed by atoms with Crippen LogP contribution in [0.3, 0.4) is 0 Å². The lowest BCUT2D eigenvalue weighted by atomic mass is 10.2. The Bertz CT molecular complexity index is 1350. The van der Waals surface area contributed by atoms with Crippen molar-refractivity contribution in [2.45, 2.75) is 13.0 Å². The molecule has 1 amide bonds. The third kappa shape index (κ3) is 2.57. The summed E-state index contributed by atoms with van der Waals surface area (Å²) in [4.78, 5) is 29.0. The summed E-state index contributed by atoms with van der Waals surface area (Å²) in [7, 11) is 4.82. The molecule has 0 atom stereocenters. The number of nitrogens with zero attached hydrogens (tertiary/aromatic N) is 3. The topological polar surface area (TPSA) is 87.4 Å². The Hall–Kier alpha value is -3.81. The average molecular weight is 404 g/mol. The van der Waals surface area contributed by atoms with E-state index in [1.54, 1.807) is 19.2 Å². The van der Waals surface area contributed by atoms with Gasteiger partial charge in [0.15, 0.2) is 5.82 Å². The van der Waals surface area contributed by atoms with Gasteiger partial charge >= 0.3 is 5.97 Å². The summed E-state index contributed by atoms with van der Waals surface area (Å²) in [5.41, 5.74) is 4.46. The van der Waals surface area contributed by atoms with Gasteiger partial charge in [-0.05, 0) is 24.3 Å². The second-order valence-corrected chi connectivity index (χ2v) is 7.26. The Morgan fingerprint density at radius 1 is 1.17 bits per heavy atom. The van der Waals surface area contributed by atoms with E-state index >= 15 is 0 Å². The van der Waals surface area contributed by atoms with Crippen LogP contribution >= 0.6 is 0 Å². The lowest BCUT2D eigenvalue weighted by Gasteiger charge is -2.10. The number of para-hydroxylation sites is 1. The van der Waals surface area contributed by atoms with E-state index in [9.17, 15) is 9.59 Å². The highest BCUT2D eigenvalue weighted by atomic mass is 16.5. The van der Waals surface area contributed by atoms with Crippen LogP contribution in [0.15, 0.2) is 36.4 Å². The van der Waals surface area contributed by atoms with Gasteiger partial charge in [0.1, 0.15) is 11.3 Å². The van der Waals surface area contributed by atoms with Crippen molar-refractivity contribution in [1.29, 1.82) is 0 Å². The number of hydrogen-bond acceptors (Lipinski definition) is 5. The normalized spacial score (nSPS) is 13.4. The predicted octanol–water partition coefficient (Wildman–Crippen LogP) is 3.33. The molecule has 0 saturated heterocycles. The van der Waals surface area contributed by atoms with E-state index in [-0.39, 0.29) is 5.91 Å². The van der Waals surface area contributed by atoms with Crippen molar-refractivity contribution >= 4 is 39.5 Å². The molecule has 30 heavy (non-hydrogen) atoms. The van der Waals surface area contributed by atoms with Crippen molar-refractivity contribution in [1.82, 2.24) is 14.1 Å². The van der Waals surface area contributed by atoms with Crippen LogP contribution in [0, 0.1) is 0 Å². The molecule has 8 heteroatoms. The molecule has 0 radical (unpaired) electrons. The number of methoxy groups -OCH3 is 2.